The Hall–Kier alpha value is -1.35. The summed E-state index contributed by atoms with van der Waals surface area (Å²) in [6.07, 6.45) is 2.08. The van der Waals surface area contributed by atoms with Gasteiger partial charge in [0.15, 0.2) is 0 Å². The van der Waals surface area contributed by atoms with Crippen molar-refractivity contribution in [1.82, 2.24) is 10.6 Å². The normalized spacial score (nSPS) is 18.8. The molecule has 1 aliphatic heterocycles. The van der Waals surface area contributed by atoms with Crippen molar-refractivity contribution in [3.63, 3.8) is 0 Å². The fraction of sp³-hybridized carbons (Fsp3) is 0.562. The lowest BCUT2D eigenvalue weighted by molar-refractivity contribution is -0.124. The van der Waals surface area contributed by atoms with E-state index in [0.29, 0.717) is 0 Å². The number of carbonyl (C=O) groups is 1. The van der Waals surface area contributed by atoms with E-state index in [0.717, 1.165) is 25.9 Å². The lowest BCUT2D eigenvalue weighted by Gasteiger charge is -2.31. The van der Waals surface area contributed by atoms with Gasteiger partial charge in [-0.15, -0.1) is 0 Å². The average molecular weight is 260 g/mol. The Labute approximate surface area is 115 Å². The molecule has 1 aliphatic rings. The van der Waals surface area contributed by atoms with Crippen LogP contribution >= 0.6 is 0 Å². The molecule has 1 unspecified atom stereocenters. The number of carbonyl (C=O) groups excluding carboxylic acids is 1. The summed E-state index contributed by atoms with van der Waals surface area (Å²) in [5.74, 6) is 0.0687. The summed E-state index contributed by atoms with van der Waals surface area (Å²) < 4.78 is 0. The van der Waals surface area contributed by atoms with E-state index in [1.807, 2.05) is 12.1 Å². The quantitative estimate of drug-likeness (QED) is 0.873. The lowest BCUT2D eigenvalue weighted by atomic mass is 9.89. The van der Waals surface area contributed by atoms with Crippen LogP contribution < -0.4 is 10.6 Å². The topological polar surface area (TPSA) is 41.1 Å². The van der Waals surface area contributed by atoms with Gasteiger partial charge in [-0.1, -0.05) is 37.6 Å². The highest BCUT2D eigenvalue weighted by atomic mass is 16.2. The number of nitrogens with one attached hydrogen (secondary N) is 2. The molecule has 3 nitrogen and oxygen atoms in total. The molecule has 0 saturated carbocycles. The van der Waals surface area contributed by atoms with Crippen LogP contribution in [-0.4, -0.2) is 18.0 Å². The highest BCUT2D eigenvalue weighted by Crippen LogP contribution is 2.25. The predicted molar refractivity (Wildman–Crippen MR) is 78.0 cm³/mol. The van der Waals surface area contributed by atoms with Crippen molar-refractivity contribution in [3.05, 3.63) is 35.4 Å². The zero-order chi connectivity index (χ0) is 13.9. The molecule has 0 bridgehead atoms. The molecule has 0 aromatic heterocycles. The molecule has 0 spiro atoms. The summed E-state index contributed by atoms with van der Waals surface area (Å²) in [5.41, 5.74) is 2.28. The van der Waals surface area contributed by atoms with Gasteiger partial charge in [0.1, 0.15) is 0 Å². The van der Waals surface area contributed by atoms with Crippen LogP contribution in [0.5, 0.6) is 0 Å². The summed E-state index contributed by atoms with van der Waals surface area (Å²) in [6, 6.07) is 8.22. The number of hydrogen-bond donors (Lipinski definition) is 2. The van der Waals surface area contributed by atoms with Crippen LogP contribution in [0, 0.1) is 0 Å². The molecule has 1 atom stereocenters. The van der Waals surface area contributed by atoms with Crippen LogP contribution in [0.3, 0.4) is 0 Å². The second-order valence-corrected chi connectivity index (χ2v) is 6.01. The van der Waals surface area contributed by atoms with E-state index in [1.54, 1.807) is 0 Å². The van der Waals surface area contributed by atoms with E-state index < -0.39 is 0 Å². The lowest BCUT2D eigenvalue weighted by Crippen LogP contribution is -2.48. The molecule has 0 aliphatic carbocycles. The van der Waals surface area contributed by atoms with Gasteiger partial charge >= 0.3 is 0 Å². The van der Waals surface area contributed by atoms with E-state index in [4.69, 9.17) is 0 Å². The Bertz CT molecular complexity index is 454. The molecule has 2 rings (SSSR count). The minimum atomic E-state index is -0.127. The zero-order valence-electron chi connectivity index (χ0n) is 12.1. The summed E-state index contributed by atoms with van der Waals surface area (Å²) in [6.45, 7) is 7.92. The molecule has 1 aromatic rings. The first-order valence-electron chi connectivity index (χ1n) is 7.14. The molecule has 1 aromatic carbocycles. The Morgan fingerprint density at radius 3 is 2.89 bits per heavy atom. The maximum atomic E-state index is 12.5. The standard InChI is InChI=1S/C16H24N2O/c1-4-9-16(2,3)18-15(19)14-11-17-10-12-7-5-6-8-13(12)14/h5-8,14,17H,4,9-11H2,1-3H3,(H,18,19). The number of benzene rings is 1. The van der Waals surface area contributed by atoms with Crippen molar-refractivity contribution in [2.75, 3.05) is 6.54 Å². The zero-order valence-corrected chi connectivity index (χ0v) is 12.1. The van der Waals surface area contributed by atoms with Gasteiger partial charge in [-0.2, -0.15) is 0 Å². The second-order valence-electron chi connectivity index (χ2n) is 6.01. The van der Waals surface area contributed by atoms with E-state index in [2.05, 4.69) is 43.5 Å². The number of fused-ring (bicyclic) bond motifs is 1. The minimum absolute atomic E-state index is 0.0684. The monoisotopic (exact) mass is 260 g/mol. The van der Waals surface area contributed by atoms with Crippen LogP contribution in [0.2, 0.25) is 0 Å². The molecule has 19 heavy (non-hydrogen) atoms. The van der Waals surface area contributed by atoms with Gasteiger partial charge in [0.05, 0.1) is 5.92 Å². The van der Waals surface area contributed by atoms with Crippen molar-refractivity contribution in [2.24, 2.45) is 0 Å². The van der Waals surface area contributed by atoms with E-state index >= 15 is 0 Å². The summed E-state index contributed by atoms with van der Waals surface area (Å²) >= 11 is 0. The molecule has 3 heteroatoms. The molecular formula is C16H24N2O. The van der Waals surface area contributed by atoms with Gasteiger partial charge in [0, 0.05) is 18.6 Å². The van der Waals surface area contributed by atoms with Gasteiger partial charge in [0.2, 0.25) is 5.91 Å². The van der Waals surface area contributed by atoms with Gasteiger partial charge in [0.25, 0.3) is 0 Å². The van der Waals surface area contributed by atoms with E-state index in [-0.39, 0.29) is 17.4 Å². The SMILES string of the molecule is CCCC(C)(C)NC(=O)C1CNCc2ccccc21. The molecule has 0 saturated heterocycles. The molecule has 1 heterocycles. The van der Waals surface area contributed by atoms with Gasteiger partial charge in [-0.05, 0) is 31.4 Å². The van der Waals surface area contributed by atoms with Gasteiger partial charge in [-0.3, -0.25) is 4.79 Å². The largest absolute Gasteiger partial charge is 0.351 e. The number of amides is 1. The molecule has 2 N–H and O–H groups in total. The first-order chi connectivity index (χ1) is 9.03. The summed E-state index contributed by atoms with van der Waals surface area (Å²) in [4.78, 5) is 12.5. The smallest absolute Gasteiger partial charge is 0.229 e. The van der Waals surface area contributed by atoms with Crippen molar-refractivity contribution in [3.8, 4) is 0 Å². The molecule has 0 fully saturated rings. The third kappa shape index (κ3) is 3.35. The molecule has 1 amide bonds. The van der Waals surface area contributed by atoms with Crippen molar-refractivity contribution in [2.45, 2.75) is 51.6 Å². The summed E-state index contributed by atoms with van der Waals surface area (Å²) in [5, 5.41) is 6.52. The maximum Gasteiger partial charge on any atom is 0.229 e. The molecule has 104 valence electrons. The van der Waals surface area contributed by atoms with Crippen LogP contribution in [-0.2, 0) is 11.3 Å². The Balaban J connectivity index is 2.13. The first kappa shape index (κ1) is 14.1. The van der Waals surface area contributed by atoms with E-state index in [9.17, 15) is 4.79 Å². The second kappa shape index (κ2) is 5.74. The fourth-order valence-electron chi connectivity index (χ4n) is 2.84. The Morgan fingerprint density at radius 1 is 1.42 bits per heavy atom. The van der Waals surface area contributed by atoms with Crippen molar-refractivity contribution in [1.29, 1.82) is 0 Å². The highest BCUT2D eigenvalue weighted by molar-refractivity contribution is 5.85. The van der Waals surface area contributed by atoms with Gasteiger partial charge < -0.3 is 10.6 Å². The average Bonchev–Trinajstić information content (AvgIpc) is 2.37. The molecular weight excluding hydrogens is 236 g/mol. The van der Waals surface area contributed by atoms with Crippen LogP contribution in [0.1, 0.15) is 50.7 Å². The summed E-state index contributed by atoms with van der Waals surface area (Å²) in [7, 11) is 0. The molecule has 0 radical (unpaired) electrons. The van der Waals surface area contributed by atoms with Gasteiger partial charge in [-0.25, -0.2) is 0 Å². The first-order valence-corrected chi connectivity index (χ1v) is 7.14. The fourth-order valence-corrected chi connectivity index (χ4v) is 2.84. The predicted octanol–water partition coefficient (Wildman–Crippen LogP) is 2.57. The van der Waals surface area contributed by atoms with Crippen LogP contribution in [0.25, 0.3) is 0 Å². The Kier molecular flexibility index (Phi) is 4.25. The van der Waals surface area contributed by atoms with E-state index in [1.165, 1.54) is 11.1 Å². The van der Waals surface area contributed by atoms with Crippen molar-refractivity contribution < 1.29 is 4.79 Å². The highest BCUT2D eigenvalue weighted by Gasteiger charge is 2.29. The number of hydrogen-bond acceptors (Lipinski definition) is 2. The van der Waals surface area contributed by atoms with Crippen LogP contribution in [0.4, 0.5) is 0 Å². The van der Waals surface area contributed by atoms with Crippen molar-refractivity contribution >= 4 is 5.91 Å². The third-order valence-electron chi connectivity index (χ3n) is 3.75. The minimum Gasteiger partial charge on any atom is -0.351 e. The maximum absolute atomic E-state index is 12.5. The Morgan fingerprint density at radius 2 is 2.16 bits per heavy atom. The number of rotatable bonds is 4. The van der Waals surface area contributed by atoms with Crippen LogP contribution in [0.15, 0.2) is 24.3 Å². The third-order valence-corrected chi connectivity index (χ3v) is 3.75.